The third kappa shape index (κ3) is 3.08. The number of ether oxygens (including phenoxy) is 1. The van der Waals surface area contributed by atoms with E-state index in [0.717, 1.165) is 0 Å². The van der Waals surface area contributed by atoms with Crippen LogP contribution < -0.4 is 5.73 Å². The van der Waals surface area contributed by atoms with Crippen LogP contribution in [0, 0.1) is 0 Å². The first-order valence-corrected chi connectivity index (χ1v) is 5.10. The van der Waals surface area contributed by atoms with E-state index in [1.165, 1.54) is 4.90 Å². The maximum Gasteiger partial charge on any atom is 0.273 e. The molecule has 88 valence electrons. The molecule has 0 radical (unpaired) electrons. The molecule has 1 heterocycles. The summed E-state index contributed by atoms with van der Waals surface area (Å²) in [6.07, 6.45) is 0. The second-order valence-electron chi connectivity index (χ2n) is 3.29. The highest BCUT2D eigenvalue weighted by Gasteiger charge is 2.16. The summed E-state index contributed by atoms with van der Waals surface area (Å²) in [6, 6.07) is 3.11. The van der Waals surface area contributed by atoms with Crippen LogP contribution in [0.15, 0.2) is 12.1 Å². The van der Waals surface area contributed by atoms with Gasteiger partial charge in [0.2, 0.25) is 0 Å². The molecule has 0 atom stereocenters. The molecule has 0 unspecified atom stereocenters. The molecule has 0 saturated heterocycles. The number of rotatable bonds is 4. The molecule has 16 heavy (non-hydrogen) atoms. The highest BCUT2D eigenvalue weighted by Crippen LogP contribution is 2.16. The molecule has 0 spiro atoms. The lowest BCUT2D eigenvalue weighted by Gasteiger charge is -2.16. The van der Waals surface area contributed by atoms with E-state index in [-0.39, 0.29) is 17.4 Å². The molecule has 0 aliphatic heterocycles. The van der Waals surface area contributed by atoms with Gasteiger partial charge in [0.1, 0.15) is 11.5 Å². The number of methoxy groups -OCH3 is 1. The molecule has 1 rings (SSSR count). The number of nitrogens with two attached hydrogens (primary N) is 1. The van der Waals surface area contributed by atoms with Crippen LogP contribution in [0.3, 0.4) is 0 Å². The first-order chi connectivity index (χ1) is 7.56. The van der Waals surface area contributed by atoms with E-state index in [4.69, 9.17) is 22.1 Å². The Hall–Kier alpha value is -1.33. The van der Waals surface area contributed by atoms with E-state index in [1.807, 2.05) is 0 Å². The number of carbonyl (C=O) groups is 1. The van der Waals surface area contributed by atoms with Crippen LogP contribution in [0.2, 0.25) is 5.02 Å². The number of amides is 1. The van der Waals surface area contributed by atoms with Crippen molar-refractivity contribution < 1.29 is 9.53 Å². The normalized spacial score (nSPS) is 10.2. The summed E-state index contributed by atoms with van der Waals surface area (Å²) in [5, 5.41) is 0.295. The topological polar surface area (TPSA) is 68.5 Å². The van der Waals surface area contributed by atoms with Crippen LogP contribution in [0.1, 0.15) is 10.5 Å². The summed E-state index contributed by atoms with van der Waals surface area (Å²) in [5.74, 6) is 0.00208. The Bertz CT molecular complexity index is 384. The maximum absolute atomic E-state index is 11.9. The van der Waals surface area contributed by atoms with Gasteiger partial charge in [-0.1, -0.05) is 11.6 Å². The van der Waals surface area contributed by atoms with Gasteiger partial charge in [0.05, 0.1) is 11.6 Å². The molecule has 1 aromatic rings. The number of anilines is 1. The Morgan fingerprint density at radius 3 is 2.94 bits per heavy atom. The van der Waals surface area contributed by atoms with Crippen LogP contribution in [0.25, 0.3) is 0 Å². The van der Waals surface area contributed by atoms with Crippen LogP contribution in [0.5, 0.6) is 0 Å². The average molecular weight is 244 g/mol. The number of likely N-dealkylation sites (N-methyl/N-ethyl adjacent to an activating group) is 1. The van der Waals surface area contributed by atoms with E-state index in [1.54, 1.807) is 26.3 Å². The van der Waals surface area contributed by atoms with Gasteiger partial charge in [-0.3, -0.25) is 4.79 Å². The Morgan fingerprint density at radius 1 is 1.62 bits per heavy atom. The van der Waals surface area contributed by atoms with Gasteiger partial charge in [-0.05, 0) is 12.1 Å². The Kier molecular flexibility index (Phi) is 4.52. The number of halogens is 1. The van der Waals surface area contributed by atoms with Crippen LogP contribution >= 0.6 is 11.6 Å². The first kappa shape index (κ1) is 12.7. The third-order valence-corrected chi connectivity index (χ3v) is 2.35. The Labute approximate surface area is 99.2 Å². The summed E-state index contributed by atoms with van der Waals surface area (Å²) in [6.45, 7) is 0.935. The minimum Gasteiger partial charge on any atom is -0.384 e. The molecule has 1 aromatic heterocycles. The molecule has 0 aromatic carbocycles. The number of pyridine rings is 1. The van der Waals surface area contributed by atoms with Gasteiger partial charge in [0, 0.05) is 20.7 Å². The average Bonchev–Trinajstić information content (AvgIpc) is 2.28. The number of nitrogens with zero attached hydrogens (tertiary/aromatic N) is 2. The summed E-state index contributed by atoms with van der Waals surface area (Å²) >= 11 is 5.87. The molecular weight excluding hydrogens is 230 g/mol. The molecule has 6 heteroatoms. The van der Waals surface area contributed by atoms with Gasteiger partial charge in [-0.2, -0.15) is 0 Å². The molecule has 0 aliphatic rings. The maximum atomic E-state index is 11.9. The minimum absolute atomic E-state index is 0.167. The molecular formula is C10H14ClN3O2. The van der Waals surface area contributed by atoms with Gasteiger partial charge in [-0.15, -0.1) is 0 Å². The number of hydrogen-bond acceptors (Lipinski definition) is 4. The first-order valence-electron chi connectivity index (χ1n) is 4.72. The van der Waals surface area contributed by atoms with E-state index in [0.29, 0.717) is 18.2 Å². The molecule has 1 amide bonds. The van der Waals surface area contributed by atoms with Gasteiger partial charge >= 0.3 is 0 Å². The zero-order valence-corrected chi connectivity index (χ0v) is 9.99. The molecule has 2 N–H and O–H groups in total. The molecule has 5 nitrogen and oxygen atoms in total. The van der Waals surface area contributed by atoms with Gasteiger partial charge in [-0.25, -0.2) is 4.98 Å². The Morgan fingerprint density at radius 2 is 2.31 bits per heavy atom. The van der Waals surface area contributed by atoms with E-state index in [9.17, 15) is 4.79 Å². The summed E-state index contributed by atoms with van der Waals surface area (Å²) in [5.41, 5.74) is 5.67. The predicted molar refractivity (Wildman–Crippen MR) is 62.5 cm³/mol. The second-order valence-corrected chi connectivity index (χ2v) is 3.69. The second kappa shape index (κ2) is 5.67. The third-order valence-electron chi connectivity index (χ3n) is 2.05. The van der Waals surface area contributed by atoms with Gasteiger partial charge in [0.25, 0.3) is 5.91 Å². The fraction of sp³-hybridized carbons (Fsp3) is 0.400. The van der Waals surface area contributed by atoms with Crippen molar-refractivity contribution in [1.82, 2.24) is 9.88 Å². The number of hydrogen-bond donors (Lipinski definition) is 1. The van der Waals surface area contributed by atoms with Crippen molar-refractivity contribution in [3.05, 3.63) is 22.8 Å². The SMILES string of the molecule is COCCN(C)C(=O)c1nc(N)ccc1Cl. The van der Waals surface area contributed by atoms with Crippen molar-refractivity contribution in [3.63, 3.8) is 0 Å². The zero-order valence-electron chi connectivity index (χ0n) is 9.24. The van der Waals surface area contributed by atoms with E-state index >= 15 is 0 Å². The standard InChI is InChI=1S/C10H14ClN3O2/c1-14(5-6-16-2)10(15)9-7(11)3-4-8(12)13-9/h3-4H,5-6H2,1-2H3,(H2,12,13). The van der Waals surface area contributed by atoms with Gasteiger partial charge < -0.3 is 15.4 Å². The van der Waals surface area contributed by atoms with Crippen LogP contribution in [-0.4, -0.2) is 43.1 Å². The summed E-state index contributed by atoms with van der Waals surface area (Å²) in [4.78, 5) is 17.3. The number of nitrogen functional groups attached to an aromatic ring is 1. The van der Waals surface area contributed by atoms with Crippen LogP contribution in [-0.2, 0) is 4.74 Å². The van der Waals surface area contributed by atoms with E-state index < -0.39 is 0 Å². The smallest absolute Gasteiger partial charge is 0.273 e. The molecule has 0 aliphatic carbocycles. The monoisotopic (exact) mass is 243 g/mol. The van der Waals surface area contributed by atoms with Crippen molar-refractivity contribution in [2.75, 3.05) is 33.0 Å². The largest absolute Gasteiger partial charge is 0.384 e. The van der Waals surface area contributed by atoms with Crippen molar-refractivity contribution in [3.8, 4) is 0 Å². The molecule has 0 saturated carbocycles. The predicted octanol–water partition coefficient (Wildman–Crippen LogP) is 1.04. The van der Waals surface area contributed by atoms with Gasteiger partial charge in [0.15, 0.2) is 0 Å². The molecule has 0 fully saturated rings. The lowest BCUT2D eigenvalue weighted by atomic mass is 10.3. The van der Waals surface area contributed by atoms with Crippen molar-refractivity contribution in [1.29, 1.82) is 0 Å². The zero-order chi connectivity index (χ0) is 12.1. The van der Waals surface area contributed by atoms with Crippen molar-refractivity contribution in [2.24, 2.45) is 0 Å². The summed E-state index contributed by atoms with van der Waals surface area (Å²) in [7, 11) is 3.23. The number of aromatic nitrogens is 1. The minimum atomic E-state index is -0.269. The van der Waals surface area contributed by atoms with E-state index in [2.05, 4.69) is 4.98 Å². The van der Waals surface area contributed by atoms with Crippen LogP contribution in [0.4, 0.5) is 5.82 Å². The highest BCUT2D eigenvalue weighted by molar-refractivity contribution is 6.33. The highest BCUT2D eigenvalue weighted by atomic mass is 35.5. The quantitative estimate of drug-likeness (QED) is 0.858. The Balaban J connectivity index is 2.83. The lowest BCUT2D eigenvalue weighted by molar-refractivity contribution is 0.0739. The number of carbonyl (C=O) groups excluding carboxylic acids is 1. The fourth-order valence-electron chi connectivity index (χ4n) is 1.12. The van der Waals surface area contributed by atoms with Crippen molar-refractivity contribution >= 4 is 23.3 Å². The molecule has 0 bridgehead atoms. The lowest BCUT2D eigenvalue weighted by Crippen LogP contribution is -2.31. The van der Waals surface area contributed by atoms with Crippen molar-refractivity contribution in [2.45, 2.75) is 0 Å². The summed E-state index contributed by atoms with van der Waals surface area (Å²) < 4.78 is 4.88. The fourth-order valence-corrected chi connectivity index (χ4v) is 1.30.